The fourth-order valence-electron chi connectivity index (χ4n) is 2.60. The third kappa shape index (κ3) is 4.42. The van der Waals surface area contributed by atoms with E-state index in [4.69, 9.17) is 0 Å². The number of hydrogen-bond acceptors (Lipinski definition) is 3. The number of hydrogen-bond donors (Lipinski definition) is 2. The zero-order valence-corrected chi connectivity index (χ0v) is 14.9. The first-order chi connectivity index (χ1) is 11.1. The van der Waals surface area contributed by atoms with Crippen LogP contribution in [-0.4, -0.2) is 27.9 Å². The van der Waals surface area contributed by atoms with Crippen molar-refractivity contribution in [3.05, 3.63) is 59.7 Å². The summed E-state index contributed by atoms with van der Waals surface area (Å²) in [6.07, 6.45) is 0. The average Bonchev–Trinajstić information content (AvgIpc) is 2.51. The van der Waals surface area contributed by atoms with E-state index in [1.165, 1.54) is 0 Å². The summed E-state index contributed by atoms with van der Waals surface area (Å²) < 4.78 is 34.3. The first-order valence-corrected chi connectivity index (χ1v) is 9.06. The molecule has 0 bridgehead atoms. The van der Waals surface area contributed by atoms with E-state index in [2.05, 4.69) is 0 Å². The van der Waals surface area contributed by atoms with Crippen molar-refractivity contribution in [3.8, 4) is 11.1 Å². The smallest absolute Gasteiger partial charge is 0.336 e. The third-order valence-electron chi connectivity index (χ3n) is 3.78. The number of rotatable bonds is 5. The molecule has 0 saturated heterocycles. The predicted octanol–water partition coefficient (Wildman–Crippen LogP) is 3.25. The maximum absolute atomic E-state index is 11.8. The monoisotopic (exact) mass is 349 g/mol. The Morgan fingerprint density at radius 2 is 1.67 bits per heavy atom. The lowest BCUT2D eigenvalue weighted by molar-refractivity contribution is 0.219. The molecule has 5 nitrogen and oxygen atoms in total. The van der Waals surface area contributed by atoms with E-state index in [1.807, 2.05) is 36.4 Å². The van der Waals surface area contributed by atoms with E-state index in [0.717, 1.165) is 21.0 Å². The van der Waals surface area contributed by atoms with Gasteiger partial charge < -0.3 is 5.11 Å². The highest BCUT2D eigenvalue weighted by Gasteiger charge is 2.32. The Morgan fingerprint density at radius 1 is 1.04 bits per heavy atom. The summed E-state index contributed by atoms with van der Waals surface area (Å²) in [6.45, 7) is 5.04. The first kappa shape index (κ1) is 18.6. The van der Waals surface area contributed by atoms with Gasteiger partial charge in [0.1, 0.15) is 0 Å². The summed E-state index contributed by atoms with van der Waals surface area (Å²) in [4.78, 5) is 0. The first-order valence-electron chi connectivity index (χ1n) is 7.66. The molecule has 0 aliphatic rings. The highest BCUT2D eigenvalue weighted by Crippen LogP contribution is 2.29. The van der Waals surface area contributed by atoms with E-state index in [-0.39, 0.29) is 13.2 Å². The molecule has 0 aliphatic carbocycles. The molecule has 0 aromatic heterocycles. The lowest BCUT2D eigenvalue weighted by atomic mass is 9.96. The fraction of sp³-hybridized carbons (Fsp3) is 0.333. The molecular formula is C18H23NO4S. The van der Waals surface area contributed by atoms with Crippen molar-refractivity contribution in [2.45, 2.75) is 39.5 Å². The lowest BCUT2D eigenvalue weighted by Crippen LogP contribution is -2.44. The van der Waals surface area contributed by atoms with Crippen molar-refractivity contribution >= 4 is 10.3 Å². The van der Waals surface area contributed by atoms with Gasteiger partial charge in [0.15, 0.2) is 0 Å². The molecule has 24 heavy (non-hydrogen) atoms. The largest absolute Gasteiger partial charge is 0.392 e. The normalized spacial score (nSPS) is 12.6. The number of benzene rings is 2. The number of aliphatic hydroxyl groups excluding tert-OH is 1. The van der Waals surface area contributed by atoms with Gasteiger partial charge in [0.2, 0.25) is 0 Å². The van der Waals surface area contributed by atoms with Crippen LogP contribution < -0.4 is 0 Å². The molecule has 0 atom stereocenters. The van der Waals surface area contributed by atoms with Crippen molar-refractivity contribution in [2.75, 3.05) is 0 Å². The van der Waals surface area contributed by atoms with Crippen LogP contribution in [0.1, 0.15) is 31.9 Å². The molecule has 2 N–H and O–H groups in total. The van der Waals surface area contributed by atoms with Crippen LogP contribution in [-0.2, 0) is 23.5 Å². The molecule has 0 amide bonds. The third-order valence-corrected chi connectivity index (χ3v) is 5.01. The van der Waals surface area contributed by atoms with Gasteiger partial charge >= 0.3 is 10.3 Å². The Morgan fingerprint density at radius 3 is 2.17 bits per heavy atom. The fourth-order valence-corrected chi connectivity index (χ4v) is 3.59. The Hall–Kier alpha value is -1.73. The standard InChI is InChI=1S/C18H23NO4S/c1-18(2,3)19(24(21,22)23)12-16-11-14(13-20)9-10-17(16)15-7-5-4-6-8-15/h4-11,20H,12-13H2,1-3H3,(H,21,22,23). The molecule has 0 unspecified atom stereocenters. The molecule has 6 heteroatoms. The van der Waals surface area contributed by atoms with Gasteiger partial charge in [-0.05, 0) is 43.0 Å². The molecule has 2 rings (SSSR count). The zero-order chi connectivity index (χ0) is 18.0. The summed E-state index contributed by atoms with van der Waals surface area (Å²) in [5.41, 5.74) is 2.44. The molecule has 2 aromatic carbocycles. The van der Waals surface area contributed by atoms with Crippen molar-refractivity contribution < 1.29 is 18.1 Å². The second-order valence-electron chi connectivity index (χ2n) is 6.67. The molecule has 2 aromatic rings. The van der Waals surface area contributed by atoms with Gasteiger partial charge in [-0.2, -0.15) is 12.7 Å². The van der Waals surface area contributed by atoms with Gasteiger partial charge in [-0.25, -0.2) is 0 Å². The minimum Gasteiger partial charge on any atom is -0.392 e. The van der Waals surface area contributed by atoms with E-state index in [1.54, 1.807) is 32.9 Å². The average molecular weight is 349 g/mol. The quantitative estimate of drug-likeness (QED) is 0.812. The summed E-state index contributed by atoms with van der Waals surface area (Å²) in [5.74, 6) is 0. The summed E-state index contributed by atoms with van der Waals surface area (Å²) in [7, 11) is -4.37. The molecule has 130 valence electrons. The van der Waals surface area contributed by atoms with Crippen LogP contribution in [0.4, 0.5) is 0 Å². The molecular weight excluding hydrogens is 326 g/mol. The Bertz CT molecular complexity index is 796. The van der Waals surface area contributed by atoms with E-state index in [9.17, 15) is 18.1 Å². The Balaban J connectivity index is 2.55. The Kier molecular flexibility index (Phi) is 5.45. The van der Waals surface area contributed by atoms with E-state index >= 15 is 0 Å². The lowest BCUT2D eigenvalue weighted by Gasteiger charge is -2.32. The predicted molar refractivity (Wildman–Crippen MR) is 94.6 cm³/mol. The van der Waals surface area contributed by atoms with Crippen LogP contribution in [0.2, 0.25) is 0 Å². The second kappa shape index (κ2) is 7.03. The summed E-state index contributed by atoms with van der Waals surface area (Å²) >= 11 is 0. The van der Waals surface area contributed by atoms with Crippen LogP contribution in [0.5, 0.6) is 0 Å². The highest BCUT2D eigenvalue weighted by molar-refractivity contribution is 7.83. The van der Waals surface area contributed by atoms with Crippen LogP contribution in [0, 0.1) is 0 Å². The van der Waals surface area contributed by atoms with Crippen LogP contribution >= 0.6 is 0 Å². The van der Waals surface area contributed by atoms with Gasteiger partial charge in [-0.1, -0.05) is 48.5 Å². The van der Waals surface area contributed by atoms with E-state index < -0.39 is 15.8 Å². The van der Waals surface area contributed by atoms with Crippen molar-refractivity contribution in [1.82, 2.24) is 4.31 Å². The molecule has 0 heterocycles. The topological polar surface area (TPSA) is 77.8 Å². The summed E-state index contributed by atoms with van der Waals surface area (Å²) in [5, 5.41) is 9.40. The van der Waals surface area contributed by atoms with Crippen LogP contribution in [0.3, 0.4) is 0 Å². The maximum atomic E-state index is 11.8. The van der Waals surface area contributed by atoms with Crippen molar-refractivity contribution in [2.24, 2.45) is 0 Å². The molecule has 0 radical (unpaired) electrons. The van der Waals surface area contributed by atoms with Gasteiger partial charge in [-0.3, -0.25) is 4.55 Å². The maximum Gasteiger partial charge on any atom is 0.336 e. The van der Waals surface area contributed by atoms with Gasteiger partial charge in [0, 0.05) is 12.1 Å². The molecule has 0 saturated carbocycles. The molecule has 0 fully saturated rings. The van der Waals surface area contributed by atoms with Crippen molar-refractivity contribution in [1.29, 1.82) is 0 Å². The minimum absolute atomic E-state index is 0.0143. The number of nitrogens with zero attached hydrogens (tertiary/aromatic N) is 1. The number of aliphatic hydroxyl groups is 1. The van der Waals surface area contributed by atoms with Crippen molar-refractivity contribution in [3.63, 3.8) is 0 Å². The van der Waals surface area contributed by atoms with E-state index in [0.29, 0.717) is 5.56 Å². The van der Waals surface area contributed by atoms with Crippen LogP contribution in [0.15, 0.2) is 48.5 Å². The zero-order valence-electron chi connectivity index (χ0n) is 14.1. The van der Waals surface area contributed by atoms with Gasteiger partial charge in [0.25, 0.3) is 0 Å². The van der Waals surface area contributed by atoms with Crippen LogP contribution in [0.25, 0.3) is 11.1 Å². The minimum atomic E-state index is -4.37. The second-order valence-corrected chi connectivity index (χ2v) is 8.01. The molecule has 0 aliphatic heterocycles. The molecule has 0 spiro atoms. The summed E-state index contributed by atoms with van der Waals surface area (Å²) in [6, 6.07) is 15.0. The Labute approximate surface area is 143 Å². The SMILES string of the molecule is CC(C)(C)N(Cc1cc(CO)ccc1-c1ccccc1)S(=O)(=O)O. The highest BCUT2D eigenvalue weighted by atomic mass is 32.2. The van der Waals surface area contributed by atoms with Gasteiger partial charge in [-0.15, -0.1) is 0 Å². The van der Waals surface area contributed by atoms with Gasteiger partial charge in [0.05, 0.1) is 6.61 Å².